The summed E-state index contributed by atoms with van der Waals surface area (Å²) >= 11 is 18.6. The number of nitrogens with zero attached hydrogens (tertiary/aromatic N) is 6. The highest BCUT2D eigenvalue weighted by Gasteiger charge is 2.16. The molecular formula is C20H18Cl3N7O. The topological polar surface area (TPSA) is 82.6 Å². The molecule has 0 atom stereocenters. The van der Waals surface area contributed by atoms with Crippen molar-refractivity contribution in [1.82, 2.24) is 29.3 Å². The molecule has 0 bridgehead atoms. The van der Waals surface area contributed by atoms with Gasteiger partial charge in [0.25, 0.3) is 5.91 Å². The molecule has 0 saturated heterocycles. The zero-order chi connectivity index (χ0) is 22.1. The highest BCUT2D eigenvalue weighted by molar-refractivity contribution is 6.33. The maximum absolute atomic E-state index is 12.6. The summed E-state index contributed by atoms with van der Waals surface area (Å²) in [6.07, 6.45) is 3.32. The normalized spacial score (nSPS) is 11.1. The second kappa shape index (κ2) is 8.74. The van der Waals surface area contributed by atoms with Gasteiger partial charge in [-0.2, -0.15) is 15.3 Å². The number of hydrogen-bond donors (Lipinski definition) is 1. The highest BCUT2D eigenvalue weighted by Crippen LogP contribution is 2.23. The number of amides is 1. The quantitative estimate of drug-likeness (QED) is 0.437. The fraction of sp³-hybridized carbons (Fsp3) is 0.200. The number of benzene rings is 1. The van der Waals surface area contributed by atoms with Gasteiger partial charge in [0.1, 0.15) is 11.7 Å². The van der Waals surface area contributed by atoms with Crippen molar-refractivity contribution < 1.29 is 4.79 Å². The van der Waals surface area contributed by atoms with Crippen LogP contribution in [-0.4, -0.2) is 35.2 Å². The minimum atomic E-state index is -0.421. The summed E-state index contributed by atoms with van der Waals surface area (Å²) < 4.78 is 4.94. The third kappa shape index (κ3) is 4.61. The first-order valence-corrected chi connectivity index (χ1v) is 10.5. The molecule has 3 heterocycles. The van der Waals surface area contributed by atoms with Crippen molar-refractivity contribution in [2.24, 2.45) is 0 Å². The molecule has 0 spiro atoms. The van der Waals surface area contributed by atoms with Crippen LogP contribution in [0.4, 0.5) is 5.82 Å². The van der Waals surface area contributed by atoms with Crippen LogP contribution in [0.1, 0.15) is 27.4 Å². The van der Waals surface area contributed by atoms with Crippen molar-refractivity contribution in [2.45, 2.75) is 27.1 Å². The zero-order valence-electron chi connectivity index (χ0n) is 16.7. The molecule has 1 N–H and O–H groups in total. The maximum atomic E-state index is 12.6. The van der Waals surface area contributed by atoms with Crippen molar-refractivity contribution in [1.29, 1.82) is 0 Å². The molecular weight excluding hydrogens is 461 g/mol. The van der Waals surface area contributed by atoms with Crippen molar-refractivity contribution in [2.75, 3.05) is 5.32 Å². The molecule has 0 fully saturated rings. The monoisotopic (exact) mass is 477 g/mol. The maximum Gasteiger partial charge on any atom is 0.277 e. The summed E-state index contributed by atoms with van der Waals surface area (Å²) in [6.45, 7) is 4.47. The van der Waals surface area contributed by atoms with Crippen LogP contribution in [0.25, 0.3) is 0 Å². The summed E-state index contributed by atoms with van der Waals surface area (Å²) in [5, 5.41) is 17.3. The van der Waals surface area contributed by atoms with Gasteiger partial charge in [-0.3, -0.25) is 14.2 Å². The van der Waals surface area contributed by atoms with E-state index < -0.39 is 5.91 Å². The lowest BCUT2D eigenvalue weighted by Gasteiger charge is -2.05. The Bertz CT molecular complexity index is 1260. The molecule has 0 aliphatic heterocycles. The molecule has 0 unspecified atom stereocenters. The summed E-state index contributed by atoms with van der Waals surface area (Å²) in [7, 11) is 0. The molecule has 31 heavy (non-hydrogen) atoms. The summed E-state index contributed by atoms with van der Waals surface area (Å²) in [4.78, 5) is 12.6. The van der Waals surface area contributed by atoms with Crippen LogP contribution in [-0.2, 0) is 13.2 Å². The van der Waals surface area contributed by atoms with E-state index in [-0.39, 0.29) is 11.5 Å². The third-order valence-electron chi connectivity index (χ3n) is 4.68. The van der Waals surface area contributed by atoms with Crippen molar-refractivity contribution in [3.63, 3.8) is 0 Å². The molecule has 8 nitrogen and oxygen atoms in total. The molecule has 4 rings (SSSR count). The Morgan fingerprint density at radius 1 is 1.00 bits per heavy atom. The summed E-state index contributed by atoms with van der Waals surface area (Å²) in [6, 6.07) is 9.07. The van der Waals surface area contributed by atoms with E-state index in [2.05, 4.69) is 20.6 Å². The van der Waals surface area contributed by atoms with E-state index >= 15 is 0 Å². The van der Waals surface area contributed by atoms with E-state index in [4.69, 9.17) is 34.8 Å². The van der Waals surface area contributed by atoms with E-state index in [9.17, 15) is 4.79 Å². The molecule has 160 valence electrons. The largest absolute Gasteiger partial charge is 0.302 e. The van der Waals surface area contributed by atoms with Gasteiger partial charge in [-0.05, 0) is 31.5 Å². The lowest BCUT2D eigenvalue weighted by Crippen LogP contribution is -2.16. The molecule has 3 aromatic heterocycles. The molecule has 1 aromatic carbocycles. The van der Waals surface area contributed by atoms with Gasteiger partial charge in [0.2, 0.25) is 0 Å². The fourth-order valence-electron chi connectivity index (χ4n) is 3.05. The van der Waals surface area contributed by atoms with Gasteiger partial charge in [-0.15, -0.1) is 0 Å². The number of aryl methyl sites for hydroxylation is 1. The average molecular weight is 479 g/mol. The van der Waals surface area contributed by atoms with E-state index in [1.54, 1.807) is 38.6 Å². The number of nitrogens with one attached hydrogen (secondary N) is 1. The predicted molar refractivity (Wildman–Crippen MR) is 120 cm³/mol. The Hall–Kier alpha value is -2.81. The Morgan fingerprint density at radius 3 is 2.48 bits per heavy atom. The van der Waals surface area contributed by atoms with Gasteiger partial charge >= 0.3 is 0 Å². The molecule has 0 aliphatic rings. The van der Waals surface area contributed by atoms with Crippen LogP contribution in [0.15, 0.2) is 42.7 Å². The standard InChI is InChI=1S/C20H18Cl3N7O/c1-12-18(23)13(2)30(25-12)11-28-8-7-17(26-28)20(31)24-19-16(22)10-29(27-19)9-14-5-3-4-6-15(14)21/h3-8,10H,9,11H2,1-2H3,(H,24,27,31). The molecule has 11 heteroatoms. The van der Waals surface area contributed by atoms with Gasteiger partial charge in [0.05, 0.1) is 23.0 Å². The number of aromatic nitrogens is 6. The third-order valence-corrected chi connectivity index (χ3v) is 5.88. The second-order valence-corrected chi connectivity index (χ2v) is 8.13. The van der Waals surface area contributed by atoms with Crippen molar-refractivity contribution in [3.05, 3.63) is 80.4 Å². The lowest BCUT2D eigenvalue weighted by atomic mass is 10.2. The van der Waals surface area contributed by atoms with Crippen LogP contribution in [0.5, 0.6) is 0 Å². The van der Waals surface area contributed by atoms with E-state index in [1.807, 2.05) is 32.0 Å². The second-order valence-electron chi connectivity index (χ2n) is 6.93. The number of carbonyl (C=O) groups is 1. The van der Waals surface area contributed by atoms with Crippen molar-refractivity contribution in [3.8, 4) is 0 Å². The minimum Gasteiger partial charge on any atom is -0.302 e. The van der Waals surface area contributed by atoms with Crippen LogP contribution >= 0.6 is 34.8 Å². The van der Waals surface area contributed by atoms with Gasteiger partial charge in [0.15, 0.2) is 11.5 Å². The Kier molecular flexibility index (Phi) is 6.04. The van der Waals surface area contributed by atoms with E-state index in [0.29, 0.717) is 28.3 Å². The highest BCUT2D eigenvalue weighted by atomic mass is 35.5. The molecule has 1 amide bonds. The van der Waals surface area contributed by atoms with Gasteiger partial charge < -0.3 is 5.32 Å². The molecule has 0 saturated carbocycles. The Labute approximate surface area is 193 Å². The van der Waals surface area contributed by atoms with Crippen molar-refractivity contribution >= 4 is 46.5 Å². The molecule has 4 aromatic rings. The minimum absolute atomic E-state index is 0.226. The fourth-order valence-corrected chi connectivity index (χ4v) is 3.58. The van der Waals surface area contributed by atoms with Gasteiger partial charge in [0, 0.05) is 17.4 Å². The first kappa shape index (κ1) is 21.4. The van der Waals surface area contributed by atoms with Crippen LogP contribution in [0, 0.1) is 13.8 Å². The SMILES string of the molecule is Cc1nn(Cn2ccc(C(=O)Nc3nn(Cc4ccccc4Cl)cc3Cl)n2)c(C)c1Cl. The first-order valence-electron chi connectivity index (χ1n) is 9.32. The predicted octanol–water partition coefficient (Wildman–Crippen LogP) is 4.66. The van der Waals surface area contributed by atoms with E-state index in [1.165, 1.54) is 0 Å². The van der Waals surface area contributed by atoms with Crippen LogP contribution in [0.3, 0.4) is 0 Å². The first-order chi connectivity index (χ1) is 14.8. The van der Waals surface area contributed by atoms with Crippen LogP contribution in [0.2, 0.25) is 15.1 Å². The summed E-state index contributed by atoms with van der Waals surface area (Å²) in [5.74, 6) is -0.173. The molecule has 0 aliphatic carbocycles. The number of halogens is 3. The average Bonchev–Trinajstić information content (AvgIpc) is 3.40. The molecule has 0 radical (unpaired) electrons. The smallest absolute Gasteiger partial charge is 0.277 e. The summed E-state index contributed by atoms with van der Waals surface area (Å²) in [5.41, 5.74) is 2.69. The van der Waals surface area contributed by atoms with Gasteiger partial charge in [-0.1, -0.05) is 53.0 Å². The number of anilines is 1. The lowest BCUT2D eigenvalue weighted by molar-refractivity contribution is 0.102. The Morgan fingerprint density at radius 2 is 1.77 bits per heavy atom. The number of rotatable bonds is 6. The van der Waals surface area contributed by atoms with Crippen LogP contribution < -0.4 is 5.32 Å². The number of carbonyl (C=O) groups excluding carboxylic acids is 1. The van der Waals surface area contributed by atoms with Gasteiger partial charge in [-0.25, -0.2) is 4.68 Å². The number of hydrogen-bond acceptors (Lipinski definition) is 4. The Balaban J connectivity index is 1.45. The van der Waals surface area contributed by atoms with E-state index in [0.717, 1.165) is 17.0 Å². The zero-order valence-corrected chi connectivity index (χ0v) is 18.9.